The van der Waals surface area contributed by atoms with Crippen LogP contribution in [0.4, 0.5) is 4.39 Å². The average molecular weight is 485 g/mol. The van der Waals surface area contributed by atoms with Gasteiger partial charge in [-0.15, -0.1) is 11.3 Å². The molecule has 0 aliphatic carbocycles. The number of pyridine rings is 1. The molecule has 4 aromatic rings. The molecule has 0 radical (unpaired) electrons. The zero-order valence-corrected chi connectivity index (χ0v) is 19.4. The van der Waals surface area contributed by atoms with E-state index in [-0.39, 0.29) is 29.3 Å². The Morgan fingerprint density at radius 1 is 1.27 bits per heavy atom. The van der Waals surface area contributed by atoms with E-state index in [0.717, 1.165) is 4.88 Å². The summed E-state index contributed by atoms with van der Waals surface area (Å²) in [7, 11) is -3.14. The summed E-state index contributed by atoms with van der Waals surface area (Å²) in [6.07, 6.45) is 0.445. The smallest absolute Gasteiger partial charge is 0.252 e. The van der Waals surface area contributed by atoms with Gasteiger partial charge in [-0.2, -0.15) is 5.10 Å². The van der Waals surface area contributed by atoms with Crippen LogP contribution in [0.5, 0.6) is 0 Å². The Morgan fingerprint density at radius 2 is 2.06 bits per heavy atom. The predicted octanol–water partition coefficient (Wildman–Crippen LogP) is 3.90. The number of hydrogen-bond donors (Lipinski definition) is 1. The highest BCUT2D eigenvalue weighted by Gasteiger charge is 2.32. The van der Waals surface area contributed by atoms with Crippen molar-refractivity contribution in [2.24, 2.45) is 0 Å². The van der Waals surface area contributed by atoms with E-state index in [1.54, 1.807) is 41.1 Å². The highest BCUT2D eigenvalue weighted by Crippen LogP contribution is 2.32. The van der Waals surface area contributed by atoms with Crippen molar-refractivity contribution in [3.63, 3.8) is 0 Å². The average Bonchev–Trinajstić information content (AvgIpc) is 3.51. The lowest BCUT2D eigenvalue weighted by molar-refractivity contribution is 0.0953. The second kappa shape index (κ2) is 8.35. The molecular weight excluding hydrogens is 463 g/mol. The van der Waals surface area contributed by atoms with Gasteiger partial charge in [0.2, 0.25) is 0 Å². The molecule has 1 atom stereocenters. The largest absolute Gasteiger partial charge is 0.347 e. The molecule has 1 N–H and O–H groups in total. The molecule has 1 aliphatic heterocycles. The van der Waals surface area contributed by atoms with Gasteiger partial charge in [0, 0.05) is 10.4 Å². The Labute approximate surface area is 194 Å². The molecule has 1 saturated heterocycles. The number of benzene rings is 1. The van der Waals surface area contributed by atoms with Gasteiger partial charge in [0.1, 0.15) is 5.82 Å². The number of sulfone groups is 1. The number of carbonyl (C=O) groups excluding carboxylic acids is 1. The molecule has 10 heteroatoms. The van der Waals surface area contributed by atoms with Crippen LogP contribution < -0.4 is 5.32 Å². The van der Waals surface area contributed by atoms with Crippen LogP contribution in [-0.4, -0.2) is 40.6 Å². The maximum absolute atomic E-state index is 13.5. The Hall–Kier alpha value is -3.11. The normalized spacial score (nSPS) is 17.5. The quantitative estimate of drug-likeness (QED) is 0.464. The number of aryl methyl sites for hydroxylation is 1. The van der Waals surface area contributed by atoms with Crippen molar-refractivity contribution in [1.29, 1.82) is 0 Å². The molecule has 1 aliphatic rings. The van der Waals surface area contributed by atoms with Crippen molar-refractivity contribution in [3.8, 4) is 11.3 Å². The van der Waals surface area contributed by atoms with Gasteiger partial charge in [-0.3, -0.25) is 4.79 Å². The van der Waals surface area contributed by atoms with Crippen molar-refractivity contribution in [2.75, 3.05) is 11.5 Å². The summed E-state index contributed by atoms with van der Waals surface area (Å²) < 4.78 is 39.3. The first-order valence-corrected chi connectivity index (χ1v) is 13.2. The van der Waals surface area contributed by atoms with Crippen LogP contribution in [-0.2, 0) is 16.4 Å². The summed E-state index contributed by atoms with van der Waals surface area (Å²) in [5.41, 5.74) is 2.60. The van der Waals surface area contributed by atoms with Crippen LogP contribution in [0.1, 0.15) is 33.4 Å². The van der Waals surface area contributed by atoms with E-state index < -0.39 is 9.84 Å². The van der Waals surface area contributed by atoms with Crippen LogP contribution in [0.25, 0.3) is 22.3 Å². The van der Waals surface area contributed by atoms with E-state index in [4.69, 9.17) is 4.98 Å². The van der Waals surface area contributed by atoms with Gasteiger partial charge in [0.25, 0.3) is 5.91 Å². The Morgan fingerprint density at radius 3 is 2.73 bits per heavy atom. The van der Waals surface area contributed by atoms with Gasteiger partial charge in [0.15, 0.2) is 15.5 Å². The fourth-order valence-corrected chi connectivity index (χ4v) is 6.50. The first kappa shape index (κ1) is 21.7. The summed E-state index contributed by atoms with van der Waals surface area (Å²) in [6, 6.07) is 11.1. The summed E-state index contributed by atoms with van der Waals surface area (Å²) in [5, 5.41) is 10.1. The summed E-state index contributed by atoms with van der Waals surface area (Å²) in [6.45, 7) is 2.18. The molecule has 33 heavy (non-hydrogen) atoms. The standard InChI is InChI=1S/C23H21FN4O3S2/c1-14-21-19(23(29)25-12-18-3-2-9-32-18)11-20(15-4-6-16(24)7-5-15)26-22(21)28(27-14)17-8-10-33(30,31)13-17/h2-7,9,11,17H,8,10,12-13H2,1H3,(H,25,29)/t17-/m1/s1. The number of aromatic nitrogens is 3. The molecule has 4 heterocycles. The lowest BCUT2D eigenvalue weighted by Crippen LogP contribution is -2.23. The number of carbonyl (C=O) groups is 1. The first-order chi connectivity index (χ1) is 15.8. The Bertz CT molecular complexity index is 1450. The zero-order chi connectivity index (χ0) is 23.2. The summed E-state index contributed by atoms with van der Waals surface area (Å²) in [4.78, 5) is 19.0. The summed E-state index contributed by atoms with van der Waals surface area (Å²) in [5.74, 6) is -0.554. The van der Waals surface area contributed by atoms with Crippen LogP contribution >= 0.6 is 11.3 Å². The number of thiophene rings is 1. The topological polar surface area (TPSA) is 93.9 Å². The lowest BCUT2D eigenvalue weighted by Gasteiger charge is -2.12. The second-order valence-electron chi connectivity index (χ2n) is 8.11. The van der Waals surface area contributed by atoms with Gasteiger partial charge < -0.3 is 5.32 Å². The zero-order valence-electron chi connectivity index (χ0n) is 17.8. The first-order valence-electron chi connectivity index (χ1n) is 10.5. The minimum Gasteiger partial charge on any atom is -0.347 e. The van der Waals surface area contributed by atoms with Crippen molar-refractivity contribution in [2.45, 2.75) is 25.9 Å². The SMILES string of the molecule is Cc1nn([C@@H]2CCS(=O)(=O)C2)c2nc(-c3ccc(F)cc3)cc(C(=O)NCc3cccs3)c12. The predicted molar refractivity (Wildman–Crippen MR) is 125 cm³/mol. The molecule has 3 aromatic heterocycles. The number of halogens is 1. The minimum absolute atomic E-state index is 0.00835. The number of fused-ring (bicyclic) bond motifs is 1. The number of amides is 1. The third kappa shape index (κ3) is 4.28. The van der Waals surface area contributed by atoms with Crippen LogP contribution in [0.2, 0.25) is 0 Å². The van der Waals surface area contributed by atoms with Gasteiger partial charge >= 0.3 is 0 Å². The number of nitrogens with zero attached hydrogens (tertiary/aromatic N) is 3. The van der Waals surface area contributed by atoms with Gasteiger partial charge in [-0.1, -0.05) is 6.07 Å². The van der Waals surface area contributed by atoms with E-state index in [1.807, 2.05) is 17.5 Å². The molecule has 1 aromatic carbocycles. The van der Waals surface area contributed by atoms with E-state index in [1.165, 1.54) is 12.1 Å². The molecule has 1 fully saturated rings. The Kier molecular flexibility index (Phi) is 5.49. The minimum atomic E-state index is -3.14. The van der Waals surface area contributed by atoms with Crippen molar-refractivity contribution >= 4 is 38.1 Å². The van der Waals surface area contributed by atoms with E-state index in [0.29, 0.717) is 46.5 Å². The van der Waals surface area contributed by atoms with E-state index in [2.05, 4.69) is 10.4 Å². The van der Waals surface area contributed by atoms with Gasteiger partial charge in [0.05, 0.1) is 46.4 Å². The molecule has 170 valence electrons. The van der Waals surface area contributed by atoms with E-state index >= 15 is 0 Å². The van der Waals surface area contributed by atoms with Crippen LogP contribution in [0, 0.1) is 12.7 Å². The van der Waals surface area contributed by atoms with Gasteiger partial charge in [-0.05, 0) is 55.1 Å². The molecule has 5 rings (SSSR count). The van der Waals surface area contributed by atoms with Crippen molar-refractivity contribution in [3.05, 3.63) is 69.8 Å². The van der Waals surface area contributed by atoms with Crippen LogP contribution in [0.15, 0.2) is 47.8 Å². The third-order valence-electron chi connectivity index (χ3n) is 5.78. The monoisotopic (exact) mass is 484 g/mol. The van der Waals surface area contributed by atoms with Crippen molar-refractivity contribution < 1.29 is 17.6 Å². The molecule has 0 saturated carbocycles. The summed E-state index contributed by atoms with van der Waals surface area (Å²) >= 11 is 1.55. The maximum Gasteiger partial charge on any atom is 0.252 e. The molecule has 1 amide bonds. The fraction of sp³-hybridized carbons (Fsp3) is 0.261. The highest BCUT2D eigenvalue weighted by atomic mass is 32.2. The highest BCUT2D eigenvalue weighted by molar-refractivity contribution is 7.91. The van der Waals surface area contributed by atoms with Gasteiger partial charge in [-0.25, -0.2) is 22.5 Å². The van der Waals surface area contributed by atoms with Crippen molar-refractivity contribution in [1.82, 2.24) is 20.1 Å². The number of hydrogen-bond acceptors (Lipinski definition) is 6. The number of nitrogens with one attached hydrogen (secondary N) is 1. The second-order valence-corrected chi connectivity index (χ2v) is 11.4. The molecule has 0 spiro atoms. The van der Waals surface area contributed by atoms with Crippen LogP contribution in [0.3, 0.4) is 0 Å². The third-order valence-corrected chi connectivity index (χ3v) is 8.41. The lowest BCUT2D eigenvalue weighted by atomic mass is 10.0. The van der Waals surface area contributed by atoms with E-state index in [9.17, 15) is 17.6 Å². The Balaban J connectivity index is 1.63. The molecule has 0 bridgehead atoms. The molecule has 0 unspecified atom stereocenters. The number of rotatable bonds is 5. The fourth-order valence-electron chi connectivity index (χ4n) is 4.16. The maximum atomic E-state index is 13.5. The molecular formula is C23H21FN4O3S2. The molecule has 7 nitrogen and oxygen atoms in total.